The smallest absolute Gasteiger partial charge is 0.140 e. The number of piperidine rings is 1. The molecule has 4 nitrogen and oxygen atoms in total. The molecular formula is C19H27N3OS. The highest BCUT2D eigenvalue weighted by molar-refractivity contribution is 7.09. The fraction of sp³-hybridized carbons (Fsp3) is 0.526. The summed E-state index contributed by atoms with van der Waals surface area (Å²) in [5.74, 6) is 0.893. The molecule has 1 aromatic heterocycles. The summed E-state index contributed by atoms with van der Waals surface area (Å²) < 4.78 is 5.82. The van der Waals surface area contributed by atoms with Gasteiger partial charge in [-0.05, 0) is 30.9 Å². The van der Waals surface area contributed by atoms with E-state index in [-0.39, 0.29) is 5.41 Å². The van der Waals surface area contributed by atoms with Gasteiger partial charge in [-0.2, -0.15) is 0 Å². The van der Waals surface area contributed by atoms with Crippen molar-refractivity contribution in [2.75, 3.05) is 13.1 Å². The average molecular weight is 346 g/mol. The SMILES string of the molecule is Cc1ccc(OCc2nc(CN3CCC(N)C(C)(C)C3)cs2)cc1. The summed E-state index contributed by atoms with van der Waals surface area (Å²) in [7, 11) is 0. The monoisotopic (exact) mass is 345 g/mol. The van der Waals surface area contributed by atoms with Crippen LogP contribution >= 0.6 is 11.3 Å². The second-order valence-electron chi connectivity index (χ2n) is 7.43. The van der Waals surface area contributed by atoms with E-state index in [2.05, 4.69) is 43.2 Å². The van der Waals surface area contributed by atoms with Gasteiger partial charge < -0.3 is 10.5 Å². The summed E-state index contributed by atoms with van der Waals surface area (Å²) in [6.07, 6.45) is 1.06. The predicted octanol–water partition coefficient (Wildman–Crippen LogP) is 3.59. The molecule has 1 saturated heterocycles. The minimum atomic E-state index is 0.172. The van der Waals surface area contributed by atoms with Crippen molar-refractivity contribution in [3.05, 3.63) is 45.9 Å². The van der Waals surface area contributed by atoms with E-state index in [4.69, 9.17) is 15.5 Å². The van der Waals surface area contributed by atoms with Gasteiger partial charge in [-0.1, -0.05) is 31.5 Å². The molecule has 0 spiro atoms. The Balaban J connectivity index is 1.53. The number of ether oxygens (including phenoxy) is 1. The van der Waals surface area contributed by atoms with Crippen molar-refractivity contribution in [3.63, 3.8) is 0 Å². The Bertz CT molecular complexity index is 666. The third kappa shape index (κ3) is 4.35. The zero-order valence-electron chi connectivity index (χ0n) is 14.8. The van der Waals surface area contributed by atoms with Crippen LogP contribution in [0.1, 0.15) is 36.5 Å². The van der Waals surface area contributed by atoms with Crippen molar-refractivity contribution in [1.29, 1.82) is 0 Å². The highest BCUT2D eigenvalue weighted by Gasteiger charge is 2.33. The van der Waals surface area contributed by atoms with Gasteiger partial charge in [-0.3, -0.25) is 4.90 Å². The molecule has 3 rings (SSSR count). The number of aromatic nitrogens is 1. The third-order valence-electron chi connectivity index (χ3n) is 4.76. The zero-order chi connectivity index (χ0) is 17.2. The van der Waals surface area contributed by atoms with Crippen LogP contribution in [0.2, 0.25) is 0 Å². The summed E-state index contributed by atoms with van der Waals surface area (Å²) in [5, 5.41) is 3.17. The molecule has 2 N–H and O–H groups in total. The summed E-state index contributed by atoms with van der Waals surface area (Å²) in [5.41, 5.74) is 8.76. The Morgan fingerprint density at radius 1 is 1.33 bits per heavy atom. The normalized spacial score (nSPS) is 20.9. The molecular weight excluding hydrogens is 318 g/mol. The molecule has 0 aliphatic carbocycles. The second kappa shape index (κ2) is 7.21. The molecule has 1 aliphatic heterocycles. The summed E-state index contributed by atoms with van der Waals surface area (Å²) >= 11 is 1.67. The fourth-order valence-electron chi connectivity index (χ4n) is 3.12. The molecule has 0 amide bonds. The van der Waals surface area contributed by atoms with Gasteiger partial charge in [0.05, 0.1) is 5.69 Å². The summed E-state index contributed by atoms with van der Waals surface area (Å²) in [6.45, 7) is 10.1. The lowest BCUT2D eigenvalue weighted by Gasteiger charge is -2.42. The molecule has 130 valence electrons. The molecule has 5 heteroatoms. The van der Waals surface area contributed by atoms with E-state index in [1.807, 2.05) is 12.1 Å². The molecule has 1 fully saturated rings. The number of rotatable bonds is 5. The van der Waals surface area contributed by atoms with Crippen molar-refractivity contribution >= 4 is 11.3 Å². The number of hydrogen-bond acceptors (Lipinski definition) is 5. The minimum Gasteiger partial charge on any atom is -0.486 e. The Kier molecular flexibility index (Phi) is 5.23. The molecule has 1 unspecified atom stereocenters. The van der Waals surface area contributed by atoms with Crippen LogP contribution in [0.3, 0.4) is 0 Å². The van der Waals surface area contributed by atoms with Gasteiger partial charge in [-0.15, -0.1) is 11.3 Å². The maximum Gasteiger partial charge on any atom is 0.140 e. The van der Waals surface area contributed by atoms with Gasteiger partial charge >= 0.3 is 0 Å². The number of benzene rings is 1. The molecule has 1 aromatic carbocycles. The number of likely N-dealkylation sites (tertiary alicyclic amines) is 1. The van der Waals surface area contributed by atoms with Crippen molar-refractivity contribution in [1.82, 2.24) is 9.88 Å². The van der Waals surface area contributed by atoms with Crippen LogP contribution in [0.4, 0.5) is 0 Å². The number of aryl methyl sites for hydroxylation is 1. The molecule has 1 atom stereocenters. The number of thiazole rings is 1. The van der Waals surface area contributed by atoms with Crippen molar-refractivity contribution < 1.29 is 4.74 Å². The highest BCUT2D eigenvalue weighted by atomic mass is 32.1. The van der Waals surface area contributed by atoms with E-state index in [1.54, 1.807) is 11.3 Å². The largest absolute Gasteiger partial charge is 0.486 e. The van der Waals surface area contributed by atoms with E-state index >= 15 is 0 Å². The minimum absolute atomic E-state index is 0.172. The van der Waals surface area contributed by atoms with Crippen LogP contribution in [0.25, 0.3) is 0 Å². The molecule has 0 bridgehead atoms. The predicted molar refractivity (Wildman–Crippen MR) is 99.3 cm³/mol. The first-order valence-corrected chi connectivity index (χ1v) is 9.41. The van der Waals surface area contributed by atoms with E-state index in [1.165, 1.54) is 5.56 Å². The average Bonchev–Trinajstić information content (AvgIpc) is 2.98. The van der Waals surface area contributed by atoms with E-state index < -0.39 is 0 Å². The first kappa shape index (κ1) is 17.4. The molecule has 2 heterocycles. The van der Waals surface area contributed by atoms with Crippen molar-refractivity contribution in [2.45, 2.75) is 46.4 Å². The first-order chi connectivity index (χ1) is 11.4. The van der Waals surface area contributed by atoms with E-state index in [9.17, 15) is 0 Å². The zero-order valence-corrected chi connectivity index (χ0v) is 15.6. The number of nitrogens with two attached hydrogens (primary N) is 1. The Hall–Kier alpha value is -1.43. The van der Waals surface area contributed by atoms with Crippen LogP contribution in [-0.4, -0.2) is 29.0 Å². The van der Waals surface area contributed by atoms with Crippen LogP contribution < -0.4 is 10.5 Å². The van der Waals surface area contributed by atoms with Crippen LogP contribution in [0.5, 0.6) is 5.75 Å². The molecule has 0 radical (unpaired) electrons. The van der Waals surface area contributed by atoms with Crippen molar-refractivity contribution in [3.8, 4) is 5.75 Å². The Labute approximate surface area is 148 Å². The van der Waals surface area contributed by atoms with Crippen LogP contribution in [0, 0.1) is 12.3 Å². The van der Waals surface area contributed by atoms with Gasteiger partial charge in [-0.25, -0.2) is 4.98 Å². The topological polar surface area (TPSA) is 51.4 Å². The number of hydrogen-bond donors (Lipinski definition) is 1. The maximum absolute atomic E-state index is 6.22. The van der Waals surface area contributed by atoms with Crippen molar-refractivity contribution in [2.24, 2.45) is 11.1 Å². The van der Waals surface area contributed by atoms with E-state index in [0.29, 0.717) is 12.6 Å². The molecule has 24 heavy (non-hydrogen) atoms. The van der Waals surface area contributed by atoms with Crippen LogP contribution in [0.15, 0.2) is 29.6 Å². The fourth-order valence-corrected chi connectivity index (χ4v) is 3.81. The van der Waals surface area contributed by atoms with Gasteiger partial charge in [0.2, 0.25) is 0 Å². The maximum atomic E-state index is 6.22. The van der Waals surface area contributed by atoms with Gasteiger partial charge in [0.1, 0.15) is 17.4 Å². The summed E-state index contributed by atoms with van der Waals surface area (Å²) in [4.78, 5) is 7.19. The lowest BCUT2D eigenvalue weighted by molar-refractivity contribution is 0.0890. The van der Waals surface area contributed by atoms with Crippen LogP contribution in [-0.2, 0) is 13.2 Å². The molecule has 2 aromatic rings. The highest BCUT2D eigenvalue weighted by Crippen LogP contribution is 2.28. The lowest BCUT2D eigenvalue weighted by atomic mass is 9.80. The second-order valence-corrected chi connectivity index (χ2v) is 8.37. The lowest BCUT2D eigenvalue weighted by Crippen LogP contribution is -2.52. The Morgan fingerprint density at radius 2 is 2.08 bits per heavy atom. The summed E-state index contributed by atoms with van der Waals surface area (Å²) in [6, 6.07) is 8.42. The standard InChI is InChI=1S/C19H27N3OS/c1-14-4-6-16(7-5-14)23-11-18-21-15(12-24-18)10-22-9-8-17(20)19(2,3)13-22/h4-7,12,17H,8-11,13,20H2,1-3H3. The van der Waals surface area contributed by atoms with Gasteiger partial charge in [0.25, 0.3) is 0 Å². The quantitative estimate of drug-likeness (QED) is 0.900. The number of nitrogens with zero attached hydrogens (tertiary/aromatic N) is 2. The van der Waals surface area contributed by atoms with E-state index in [0.717, 1.165) is 42.5 Å². The molecule has 0 saturated carbocycles. The third-order valence-corrected chi connectivity index (χ3v) is 5.63. The van der Waals surface area contributed by atoms with Gasteiger partial charge in [0.15, 0.2) is 0 Å². The Morgan fingerprint density at radius 3 is 2.79 bits per heavy atom. The first-order valence-electron chi connectivity index (χ1n) is 8.53. The molecule has 1 aliphatic rings. The van der Waals surface area contributed by atoms with Gasteiger partial charge in [0, 0.05) is 31.1 Å².